The Morgan fingerprint density at radius 2 is 2.05 bits per heavy atom. The fourth-order valence-electron chi connectivity index (χ4n) is 2.55. The van der Waals surface area contributed by atoms with Crippen LogP contribution in [0.3, 0.4) is 0 Å². The zero-order valence-electron chi connectivity index (χ0n) is 13.4. The largest absolute Gasteiger partial charge is 0.357 e. The highest BCUT2D eigenvalue weighted by Gasteiger charge is 2.31. The summed E-state index contributed by atoms with van der Waals surface area (Å²) < 4.78 is 0. The number of halogens is 1. The van der Waals surface area contributed by atoms with Crippen LogP contribution in [-0.2, 0) is 4.79 Å². The minimum atomic E-state index is 0. The van der Waals surface area contributed by atoms with E-state index >= 15 is 0 Å². The van der Waals surface area contributed by atoms with Gasteiger partial charge in [-0.15, -0.1) is 24.0 Å². The summed E-state index contributed by atoms with van der Waals surface area (Å²) in [5.41, 5.74) is 0.371. The van der Waals surface area contributed by atoms with Gasteiger partial charge < -0.3 is 15.5 Å². The molecule has 1 aliphatic heterocycles. The van der Waals surface area contributed by atoms with E-state index in [-0.39, 0.29) is 35.8 Å². The molecule has 2 aliphatic rings. The van der Waals surface area contributed by atoms with Crippen LogP contribution < -0.4 is 10.6 Å². The maximum absolute atomic E-state index is 11.5. The molecule has 0 bridgehead atoms. The molecule has 0 aromatic rings. The number of hydrogen-bond acceptors (Lipinski definition) is 2. The van der Waals surface area contributed by atoms with E-state index in [0.717, 1.165) is 38.4 Å². The molecular weight excluding hydrogens is 379 g/mol. The molecule has 0 unspecified atom stereocenters. The van der Waals surface area contributed by atoms with Crippen molar-refractivity contribution in [1.82, 2.24) is 15.5 Å². The average Bonchev–Trinajstić information content (AvgIpc) is 3.17. The van der Waals surface area contributed by atoms with Crippen molar-refractivity contribution in [3.8, 4) is 0 Å². The zero-order chi connectivity index (χ0) is 14.6. The molecule has 1 amide bonds. The van der Waals surface area contributed by atoms with Crippen LogP contribution in [0.25, 0.3) is 0 Å². The summed E-state index contributed by atoms with van der Waals surface area (Å²) in [5, 5.41) is 6.31. The molecule has 0 spiro atoms. The van der Waals surface area contributed by atoms with E-state index in [4.69, 9.17) is 0 Å². The van der Waals surface area contributed by atoms with Crippen LogP contribution in [0.15, 0.2) is 4.99 Å². The summed E-state index contributed by atoms with van der Waals surface area (Å²) in [5.74, 6) is 1.47. The van der Waals surface area contributed by atoms with Gasteiger partial charge in [-0.05, 0) is 31.6 Å². The second-order valence-corrected chi connectivity index (χ2v) is 6.64. The first-order valence-electron chi connectivity index (χ1n) is 7.83. The summed E-state index contributed by atoms with van der Waals surface area (Å²) in [4.78, 5) is 18.5. The average molecular weight is 408 g/mol. The van der Waals surface area contributed by atoms with E-state index < -0.39 is 0 Å². The van der Waals surface area contributed by atoms with Gasteiger partial charge in [0, 0.05) is 32.1 Å². The third-order valence-corrected chi connectivity index (χ3v) is 3.93. The number of carbonyl (C=O) groups excluding carboxylic acids is 1. The van der Waals surface area contributed by atoms with Crippen LogP contribution in [0.4, 0.5) is 0 Å². The van der Waals surface area contributed by atoms with E-state index in [9.17, 15) is 4.79 Å². The number of rotatable bonds is 5. The second-order valence-electron chi connectivity index (χ2n) is 6.64. The molecule has 0 aromatic heterocycles. The fraction of sp³-hybridized carbons (Fsp3) is 0.867. The Kier molecular flexibility index (Phi) is 7.23. The topological polar surface area (TPSA) is 56.7 Å². The van der Waals surface area contributed by atoms with Gasteiger partial charge in [0.25, 0.3) is 0 Å². The summed E-state index contributed by atoms with van der Waals surface area (Å²) in [6, 6.07) is 0. The van der Waals surface area contributed by atoms with Crippen molar-refractivity contribution >= 4 is 35.8 Å². The second kappa shape index (κ2) is 8.19. The van der Waals surface area contributed by atoms with Crippen LogP contribution in [0.5, 0.6) is 0 Å². The van der Waals surface area contributed by atoms with Gasteiger partial charge in [0.2, 0.25) is 5.91 Å². The summed E-state index contributed by atoms with van der Waals surface area (Å²) >= 11 is 0. The molecule has 2 rings (SSSR count). The Morgan fingerprint density at radius 1 is 1.33 bits per heavy atom. The first-order valence-corrected chi connectivity index (χ1v) is 7.83. The van der Waals surface area contributed by atoms with Gasteiger partial charge in [-0.1, -0.05) is 13.8 Å². The van der Waals surface area contributed by atoms with Crippen LogP contribution in [0.1, 0.15) is 40.0 Å². The number of carbonyl (C=O) groups is 1. The van der Waals surface area contributed by atoms with Gasteiger partial charge in [-0.25, -0.2) is 0 Å². The Balaban J connectivity index is 0.00000220. The lowest BCUT2D eigenvalue weighted by Crippen LogP contribution is -2.41. The van der Waals surface area contributed by atoms with Crippen LogP contribution in [0.2, 0.25) is 0 Å². The lowest BCUT2D eigenvalue weighted by Gasteiger charge is -2.23. The maximum Gasteiger partial charge on any atom is 0.223 e. The molecule has 0 aromatic carbocycles. The molecule has 5 nitrogen and oxygen atoms in total. The van der Waals surface area contributed by atoms with E-state index in [1.54, 1.807) is 0 Å². The van der Waals surface area contributed by atoms with E-state index in [1.165, 1.54) is 6.42 Å². The van der Waals surface area contributed by atoms with Crippen molar-refractivity contribution in [2.75, 3.05) is 32.7 Å². The summed E-state index contributed by atoms with van der Waals surface area (Å²) in [6.07, 6.45) is 3.32. The number of nitrogens with zero attached hydrogens (tertiary/aromatic N) is 2. The van der Waals surface area contributed by atoms with Gasteiger partial charge in [0.05, 0.1) is 6.54 Å². The zero-order valence-corrected chi connectivity index (χ0v) is 15.8. The SMILES string of the molecule is CCNC(=NCCNC(=O)C1CC1)N1CCC(C)(C)C1.I. The summed E-state index contributed by atoms with van der Waals surface area (Å²) in [6.45, 7) is 11.0. The molecule has 2 N–H and O–H groups in total. The molecule has 1 aliphatic carbocycles. The molecule has 1 saturated carbocycles. The summed E-state index contributed by atoms with van der Waals surface area (Å²) in [7, 11) is 0. The highest BCUT2D eigenvalue weighted by molar-refractivity contribution is 14.0. The standard InChI is InChI=1S/C15H28N4O.HI/c1-4-16-14(19-10-7-15(2,3)11-19)18-9-8-17-13(20)12-5-6-12;/h12H,4-11H2,1-3H3,(H,16,18)(H,17,20);1H. The molecule has 2 fully saturated rings. The fourth-order valence-corrected chi connectivity index (χ4v) is 2.55. The van der Waals surface area contributed by atoms with Gasteiger partial charge in [-0.2, -0.15) is 0 Å². The van der Waals surface area contributed by atoms with Crippen molar-refractivity contribution in [1.29, 1.82) is 0 Å². The van der Waals surface area contributed by atoms with E-state index in [0.29, 0.717) is 18.5 Å². The minimum Gasteiger partial charge on any atom is -0.357 e. The Bertz CT molecular complexity index is 380. The van der Waals surface area contributed by atoms with Crippen molar-refractivity contribution in [3.63, 3.8) is 0 Å². The van der Waals surface area contributed by atoms with Crippen LogP contribution >= 0.6 is 24.0 Å². The highest BCUT2D eigenvalue weighted by atomic mass is 127. The quantitative estimate of drug-likeness (QED) is 0.316. The molecular formula is C15H29IN4O. The predicted molar refractivity (Wildman–Crippen MR) is 97.1 cm³/mol. The van der Waals surface area contributed by atoms with Crippen LogP contribution in [-0.4, -0.2) is 49.5 Å². The molecule has 1 heterocycles. The Labute approximate surface area is 145 Å². The highest BCUT2D eigenvalue weighted by Crippen LogP contribution is 2.29. The third kappa shape index (κ3) is 6.00. The lowest BCUT2D eigenvalue weighted by atomic mass is 9.93. The van der Waals surface area contributed by atoms with E-state index in [1.807, 2.05) is 0 Å². The Morgan fingerprint density at radius 3 is 2.57 bits per heavy atom. The number of aliphatic imine (C=N–C) groups is 1. The normalized spacial score (nSPS) is 20.9. The number of nitrogens with one attached hydrogen (secondary N) is 2. The minimum absolute atomic E-state index is 0. The molecule has 0 atom stereocenters. The molecule has 6 heteroatoms. The van der Waals surface area contributed by atoms with Gasteiger partial charge >= 0.3 is 0 Å². The molecule has 1 saturated heterocycles. The van der Waals surface area contributed by atoms with E-state index in [2.05, 4.69) is 41.3 Å². The van der Waals surface area contributed by atoms with Crippen molar-refractivity contribution in [3.05, 3.63) is 0 Å². The maximum atomic E-state index is 11.5. The predicted octanol–water partition coefficient (Wildman–Crippen LogP) is 1.83. The van der Waals surface area contributed by atoms with Crippen LogP contribution in [0, 0.1) is 11.3 Å². The first-order chi connectivity index (χ1) is 9.52. The third-order valence-electron chi connectivity index (χ3n) is 3.93. The lowest BCUT2D eigenvalue weighted by molar-refractivity contribution is -0.122. The number of hydrogen-bond donors (Lipinski definition) is 2. The number of likely N-dealkylation sites (tertiary alicyclic amines) is 1. The monoisotopic (exact) mass is 408 g/mol. The molecule has 122 valence electrons. The van der Waals surface area contributed by atoms with Crippen molar-refractivity contribution in [2.45, 2.75) is 40.0 Å². The molecule has 0 radical (unpaired) electrons. The van der Waals surface area contributed by atoms with Gasteiger partial charge in [0.15, 0.2) is 5.96 Å². The van der Waals surface area contributed by atoms with Gasteiger partial charge in [-0.3, -0.25) is 9.79 Å². The van der Waals surface area contributed by atoms with Gasteiger partial charge in [0.1, 0.15) is 0 Å². The first kappa shape index (κ1) is 18.5. The molecule has 21 heavy (non-hydrogen) atoms. The smallest absolute Gasteiger partial charge is 0.223 e. The van der Waals surface area contributed by atoms with Crippen molar-refractivity contribution < 1.29 is 4.79 Å². The Hall–Kier alpha value is -0.530. The number of guanidine groups is 1. The number of amides is 1. The van der Waals surface area contributed by atoms with Crippen molar-refractivity contribution in [2.24, 2.45) is 16.3 Å².